The molecule has 2 N–H and O–H groups in total. The average molecular weight is 332 g/mol. The van der Waals surface area contributed by atoms with Gasteiger partial charge in [-0.2, -0.15) is 4.80 Å². The molecule has 0 bridgehead atoms. The summed E-state index contributed by atoms with van der Waals surface area (Å²) in [6.45, 7) is 8.09. The van der Waals surface area contributed by atoms with Gasteiger partial charge in [-0.05, 0) is 50.6 Å². The molecule has 2 aromatic rings. The Bertz CT molecular complexity index is 692. The summed E-state index contributed by atoms with van der Waals surface area (Å²) in [6.07, 6.45) is -0.0357. The monoisotopic (exact) mass is 332 g/mol. The zero-order chi connectivity index (χ0) is 17.7. The lowest BCUT2D eigenvalue weighted by atomic mass is 10.1. The normalized spacial score (nSPS) is 12.7. The molecule has 0 saturated heterocycles. The maximum absolute atomic E-state index is 12.0. The first-order valence-corrected chi connectivity index (χ1v) is 7.76. The zero-order valence-corrected chi connectivity index (χ0v) is 14.7. The predicted molar refractivity (Wildman–Crippen MR) is 90.5 cm³/mol. The van der Waals surface area contributed by atoms with E-state index in [2.05, 4.69) is 26.0 Å². The zero-order valence-electron chi connectivity index (χ0n) is 14.7. The number of hydrogen-bond donors (Lipinski definition) is 2. The Kier molecular flexibility index (Phi) is 5.50. The fourth-order valence-electron chi connectivity index (χ4n) is 1.94. The van der Waals surface area contributed by atoms with Gasteiger partial charge in [-0.25, -0.2) is 4.79 Å². The SMILES string of the molecule is COC(C)c1cccc(NC(=O)NCc2nnn(C(C)(C)C)n2)c1. The van der Waals surface area contributed by atoms with Crippen LogP contribution in [0.2, 0.25) is 0 Å². The minimum Gasteiger partial charge on any atom is -0.377 e. The molecule has 1 aromatic carbocycles. The van der Waals surface area contributed by atoms with E-state index in [-0.39, 0.29) is 24.2 Å². The third-order valence-corrected chi connectivity index (χ3v) is 3.43. The van der Waals surface area contributed by atoms with Crippen LogP contribution in [0.4, 0.5) is 10.5 Å². The van der Waals surface area contributed by atoms with Gasteiger partial charge in [0.1, 0.15) is 0 Å². The fourth-order valence-corrected chi connectivity index (χ4v) is 1.94. The smallest absolute Gasteiger partial charge is 0.319 e. The van der Waals surface area contributed by atoms with E-state index in [0.29, 0.717) is 11.5 Å². The van der Waals surface area contributed by atoms with Crippen molar-refractivity contribution in [3.63, 3.8) is 0 Å². The van der Waals surface area contributed by atoms with Crippen LogP contribution < -0.4 is 10.6 Å². The summed E-state index contributed by atoms with van der Waals surface area (Å²) in [6, 6.07) is 7.19. The van der Waals surface area contributed by atoms with E-state index in [9.17, 15) is 4.79 Å². The van der Waals surface area contributed by atoms with Crippen molar-refractivity contribution >= 4 is 11.7 Å². The van der Waals surface area contributed by atoms with Crippen LogP contribution in [0.25, 0.3) is 0 Å². The first kappa shape index (κ1) is 17.9. The largest absolute Gasteiger partial charge is 0.377 e. The number of ether oxygens (including phenoxy) is 1. The van der Waals surface area contributed by atoms with E-state index < -0.39 is 0 Å². The van der Waals surface area contributed by atoms with E-state index in [1.54, 1.807) is 7.11 Å². The number of aromatic nitrogens is 4. The number of nitrogens with one attached hydrogen (secondary N) is 2. The van der Waals surface area contributed by atoms with E-state index >= 15 is 0 Å². The second-order valence-electron chi connectivity index (χ2n) is 6.48. The van der Waals surface area contributed by atoms with Crippen molar-refractivity contribution in [3.8, 4) is 0 Å². The molecule has 8 nitrogen and oxygen atoms in total. The quantitative estimate of drug-likeness (QED) is 0.877. The van der Waals surface area contributed by atoms with E-state index in [4.69, 9.17) is 4.74 Å². The van der Waals surface area contributed by atoms with Crippen LogP contribution in [-0.4, -0.2) is 33.3 Å². The van der Waals surface area contributed by atoms with Gasteiger partial charge in [0.15, 0.2) is 5.82 Å². The summed E-state index contributed by atoms with van der Waals surface area (Å²) in [5.41, 5.74) is 1.44. The molecule has 2 amide bonds. The standard InChI is InChI=1S/C16H24N6O2/c1-11(24-5)12-7-6-8-13(9-12)18-15(23)17-10-14-19-21-22(20-14)16(2,3)4/h6-9,11H,10H2,1-5H3,(H2,17,18,23). The Morgan fingerprint density at radius 2 is 2.12 bits per heavy atom. The van der Waals surface area contributed by atoms with Crippen molar-refractivity contribution < 1.29 is 9.53 Å². The Hall–Kier alpha value is -2.48. The number of anilines is 1. The maximum Gasteiger partial charge on any atom is 0.319 e. The molecule has 130 valence electrons. The van der Waals surface area contributed by atoms with Gasteiger partial charge in [-0.15, -0.1) is 10.2 Å². The third-order valence-electron chi connectivity index (χ3n) is 3.43. The minimum absolute atomic E-state index is 0.0357. The molecule has 0 aliphatic heterocycles. The number of amides is 2. The number of rotatable bonds is 5. The van der Waals surface area contributed by atoms with Crippen LogP contribution in [0, 0.1) is 0 Å². The Balaban J connectivity index is 1.91. The molecule has 24 heavy (non-hydrogen) atoms. The van der Waals surface area contributed by atoms with E-state index in [0.717, 1.165) is 5.56 Å². The van der Waals surface area contributed by atoms with E-state index in [1.807, 2.05) is 52.0 Å². The molecule has 2 rings (SSSR count). The fraction of sp³-hybridized carbons (Fsp3) is 0.500. The number of nitrogens with zero attached hydrogens (tertiary/aromatic N) is 4. The van der Waals surface area contributed by atoms with Crippen LogP contribution >= 0.6 is 0 Å². The lowest BCUT2D eigenvalue weighted by Crippen LogP contribution is -2.29. The molecule has 0 fully saturated rings. The Morgan fingerprint density at radius 3 is 2.75 bits per heavy atom. The highest BCUT2D eigenvalue weighted by atomic mass is 16.5. The molecule has 0 saturated carbocycles. The molecule has 0 spiro atoms. The second kappa shape index (κ2) is 7.39. The summed E-state index contributed by atoms with van der Waals surface area (Å²) >= 11 is 0. The molecule has 0 aliphatic rings. The Morgan fingerprint density at radius 1 is 1.38 bits per heavy atom. The number of tetrazole rings is 1. The van der Waals surface area contributed by atoms with Crippen LogP contribution in [0.5, 0.6) is 0 Å². The lowest BCUT2D eigenvalue weighted by Gasteiger charge is -2.15. The lowest BCUT2D eigenvalue weighted by molar-refractivity contribution is 0.119. The van der Waals surface area contributed by atoms with Gasteiger partial charge >= 0.3 is 6.03 Å². The van der Waals surface area contributed by atoms with Crippen LogP contribution in [0.3, 0.4) is 0 Å². The first-order valence-electron chi connectivity index (χ1n) is 7.76. The molecule has 1 unspecified atom stereocenters. The highest BCUT2D eigenvalue weighted by molar-refractivity contribution is 5.89. The van der Waals surface area contributed by atoms with Gasteiger partial charge in [0.05, 0.1) is 18.2 Å². The third kappa shape index (κ3) is 4.76. The number of hydrogen-bond acceptors (Lipinski definition) is 5. The summed E-state index contributed by atoms with van der Waals surface area (Å²) in [4.78, 5) is 13.5. The number of benzene rings is 1. The van der Waals surface area contributed by atoms with Crippen molar-refractivity contribution in [3.05, 3.63) is 35.7 Å². The highest BCUT2D eigenvalue weighted by Crippen LogP contribution is 2.19. The van der Waals surface area contributed by atoms with Gasteiger partial charge in [-0.3, -0.25) is 0 Å². The van der Waals surface area contributed by atoms with Crippen LogP contribution in [0.15, 0.2) is 24.3 Å². The topological polar surface area (TPSA) is 94.0 Å². The number of carbonyl (C=O) groups is 1. The molecule has 0 aliphatic carbocycles. The van der Waals surface area contributed by atoms with Crippen molar-refractivity contribution in [2.75, 3.05) is 12.4 Å². The molecule has 1 heterocycles. The van der Waals surface area contributed by atoms with Crippen molar-refractivity contribution in [1.29, 1.82) is 0 Å². The summed E-state index contributed by atoms with van der Waals surface area (Å²) < 4.78 is 5.28. The van der Waals surface area contributed by atoms with Crippen LogP contribution in [-0.2, 0) is 16.8 Å². The molecule has 1 atom stereocenters. The van der Waals surface area contributed by atoms with Crippen molar-refractivity contribution in [2.45, 2.75) is 45.9 Å². The highest BCUT2D eigenvalue weighted by Gasteiger charge is 2.17. The summed E-state index contributed by atoms with van der Waals surface area (Å²) in [5, 5.41) is 17.7. The number of urea groups is 1. The summed E-state index contributed by atoms with van der Waals surface area (Å²) in [7, 11) is 1.65. The van der Waals surface area contributed by atoms with E-state index in [1.165, 1.54) is 4.80 Å². The second-order valence-corrected chi connectivity index (χ2v) is 6.48. The van der Waals surface area contributed by atoms with Crippen molar-refractivity contribution in [2.24, 2.45) is 0 Å². The molecular weight excluding hydrogens is 308 g/mol. The van der Waals surface area contributed by atoms with Crippen molar-refractivity contribution in [1.82, 2.24) is 25.5 Å². The maximum atomic E-state index is 12.0. The Labute approximate surface area is 141 Å². The van der Waals surface area contributed by atoms with Gasteiger partial charge in [0.2, 0.25) is 0 Å². The van der Waals surface area contributed by atoms with Gasteiger partial charge in [-0.1, -0.05) is 12.1 Å². The average Bonchev–Trinajstić information content (AvgIpc) is 3.01. The summed E-state index contributed by atoms with van der Waals surface area (Å²) in [5.74, 6) is 0.460. The molecular formula is C16H24N6O2. The van der Waals surface area contributed by atoms with Gasteiger partial charge in [0, 0.05) is 12.8 Å². The molecule has 8 heteroatoms. The minimum atomic E-state index is -0.329. The first-order chi connectivity index (χ1) is 11.3. The van der Waals surface area contributed by atoms with Gasteiger partial charge in [0.25, 0.3) is 0 Å². The number of carbonyl (C=O) groups excluding carboxylic acids is 1. The molecule has 0 radical (unpaired) electrons. The number of methoxy groups -OCH3 is 1. The van der Waals surface area contributed by atoms with Gasteiger partial charge < -0.3 is 15.4 Å². The van der Waals surface area contributed by atoms with Crippen LogP contribution in [0.1, 0.15) is 45.2 Å². The molecule has 1 aromatic heterocycles. The predicted octanol–water partition coefficient (Wildman–Crippen LogP) is 2.46.